The van der Waals surface area contributed by atoms with E-state index in [0.717, 1.165) is 5.46 Å². The van der Waals surface area contributed by atoms with Gasteiger partial charge in [0.1, 0.15) is 13.7 Å². The fourth-order valence-electron chi connectivity index (χ4n) is 0.999. The molecule has 0 saturated heterocycles. The molecule has 0 fully saturated rings. The molecule has 0 spiro atoms. The van der Waals surface area contributed by atoms with Crippen molar-refractivity contribution in [3.8, 4) is 0 Å². The van der Waals surface area contributed by atoms with Crippen LogP contribution in [0.25, 0.3) is 0 Å². The van der Waals surface area contributed by atoms with Gasteiger partial charge in [-0.2, -0.15) is 0 Å². The van der Waals surface area contributed by atoms with Gasteiger partial charge in [-0.25, -0.2) is 4.39 Å². The van der Waals surface area contributed by atoms with Gasteiger partial charge in [0.2, 0.25) is 5.91 Å². The van der Waals surface area contributed by atoms with Crippen molar-refractivity contribution in [2.24, 2.45) is 5.92 Å². The van der Waals surface area contributed by atoms with Gasteiger partial charge in [-0.05, 0) is 12.1 Å². The molecule has 0 heterocycles. The van der Waals surface area contributed by atoms with E-state index >= 15 is 0 Å². The average Bonchev–Trinajstić information content (AvgIpc) is 2.09. The highest BCUT2D eigenvalue weighted by molar-refractivity contribution is 6.32. The van der Waals surface area contributed by atoms with Crippen LogP contribution in [0, 0.1) is 11.7 Å². The predicted molar refractivity (Wildman–Crippen MR) is 58.0 cm³/mol. The van der Waals surface area contributed by atoms with Crippen LogP contribution in [-0.2, 0) is 4.79 Å². The monoisotopic (exact) mass is 193 g/mol. The van der Waals surface area contributed by atoms with Crippen molar-refractivity contribution in [1.29, 1.82) is 0 Å². The lowest BCUT2D eigenvalue weighted by Gasteiger charge is -2.08. The van der Waals surface area contributed by atoms with Gasteiger partial charge >= 0.3 is 0 Å². The molecule has 1 rings (SSSR count). The van der Waals surface area contributed by atoms with Crippen molar-refractivity contribution in [1.82, 2.24) is 0 Å². The second-order valence-electron chi connectivity index (χ2n) is 3.63. The fraction of sp³-hybridized carbons (Fsp3) is 0.300. The zero-order valence-electron chi connectivity index (χ0n) is 8.60. The van der Waals surface area contributed by atoms with Gasteiger partial charge in [0.25, 0.3) is 0 Å². The van der Waals surface area contributed by atoms with Gasteiger partial charge in [-0.15, -0.1) is 0 Å². The van der Waals surface area contributed by atoms with Crippen LogP contribution in [-0.4, -0.2) is 13.8 Å². The van der Waals surface area contributed by atoms with E-state index in [1.54, 1.807) is 33.8 Å². The lowest BCUT2D eigenvalue weighted by molar-refractivity contribution is -0.118. The molecule has 0 aliphatic heterocycles. The predicted octanol–water partition coefficient (Wildman–Crippen LogP) is 0.679. The highest BCUT2D eigenvalue weighted by atomic mass is 19.1. The zero-order valence-corrected chi connectivity index (χ0v) is 8.60. The third-order valence-corrected chi connectivity index (χ3v) is 1.91. The summed E-state index contributed by atoms with van der Waals surface area (Å²) in [7, 11) is 1.80. The minimum atomic E-state index is -0.390. The first kappa shape index (κ1) is 10.8. The van der Waals surface area contributed by atoms with Gasteiger partial charge in [-0.3, -0.25) is 4.79 Å². The highest BCUT2D eigenvalue weighted by Gasteiger charge is 2.09. The van der Waals surface area contributed by atoms with Crippen molar-refractivity contribution in [2.75, 3.05) is 5.32 Å². The third-order valence-electron chi connectivity index (χ3n) is 1.91. The number of rotatable bonds is 2. The maximum absolute atomic E-state index is 13.3. The Morgan fingerprint density at radius 2 is 2.14 bits per heavy atom. The molecule has 0 aliphatic carbocycles. The normalized spacial score (nSPS) is 10.3. The van der Waals surface area contributed by atoms with Crippen LogP contribution in [0.5, 0.6) is 0 Å². The molecule has 2 nitrogen and oxygen atoms in total. The van der Waals surface area contributed by atoms with Crippen LogP contribution < -0.4 is 10.8 Å². The summed E-state index contributed by atoms with van der Waals surface area (Å²) in [5, 5.41) is 2.52. The molecule has 0 saturated carbocycles. The number of halogens is 1. The molecule has 1 aromatic rings. The Hall–Kier alpha value is -1.32. The first-order chi connectivity index (χ1) is 6.50. The molecule has 0 unspecified atom stereocenters. The van der Waals surface area contributed by atoms with Crippen LogP contribution in [0.4, 0.5) is 10.1 Å². The molecule has 14 heavy (non-hydrogen) atoms. The lowest BCUT2D eigenvalue weighted by atomic mass is 9.96. The largest absolute Gasteiger partial charge is 0.323 e. The Labute approximate surface area is 83.9 Å². The van der Waals surface area contributed by atoms with E-state index in [9.17, 15) is 9.18 Å². The van der Waals surface area contributed by atoms with Crippen molar-refractivity contribution in [3.05, 3.63) is 24.0 Å². The summed E-state index contributed by atoms with van der Waals surface area (Å²) >= 11 is 0. The number of amides is 1. The maximum atomic E-state index is 13.3. The van der Waals surface area contributed by atoms with Crippen molar-refractivity contribution in [3.63, 3.8) is 0 Å². The number of hydrogen-bond acceptors (Lipinski definition) is 1. The summed E-state index contributed by atoms with van der Waals surface area (Å²) in [6.07, 6.45) is 0. The second kappa shape index (κ2) is 4.27. The van der Waals surface area contributed by atoms with Gasteiger partial charge in [0, 0.05) is 5.92 Å². The van der Waals surface area contributed by atoms with Crippen molar-refractivity contribution in [2.45, 2.75) is 13.8 Å². The Bertz CT molecular complexity index is 352. The first-order valence-electron chi connectivity index (χ1n) is 4.57. The lowest BCUT2D eigenvalue weighted by Crippen LogP contribution is -2.19. The summed E-state index contributed by atoms with van der Waals surface area (Å²) in [5.74, 6) is -0.706. The van der Waals surface area contributed by atoms with E-state index in [1.807, 2.05) is 0 Å². The van der Waals surface area contributed by atoms with Crippen LogP contribution >= 0.6 is 0 Å². The summed E-state index contributed by atoms with van der Waals surface area (Å²) < 4.78 is 13.3. The summed E-state index contributed by atoms with van der Waals surface area (Å²) in [5.41, 5.74) is 1.08. The van der Waals surface area contributed by atoms with E-state index in [0.29, 0.717) is 0 Å². The SMILES string of the molecule is Bc1ccc(NC(=O)C(C)C)c(F)c1. The molecular formula is C10H13BFNO. The number of carbonyl (C=O) groups is 1. The first-order valence-corrected chi connectivity index (χ1v) is 4.57. The van der Waals surface area contributed by atoms with Crippen LogP contribution in [0.3, 0.4) is 0 Å². The van der Waals surface area contributed by atoms with E-state index in [-0.39, 0.29) is 23.3 Å². The Morgan fingerprint density at radius 1 is 1.50 bits per heavy atom. The Balaban J connectivity index is 2.82. The Morgan fingerprint density at radius 3 is 2.64 bits per heavy atom. The van der Waals surface area contributed by atoms with Crippen LogP contribution in [0.2, 0.25) is 0 Å². The molecule has 4 heteroatoms. The number of hydrogen-bond donors (Lipinski definition) is 1. The van der Waals surface area contributed by atoms with E-state index in [1.165, 1.54) is 6.07 Å². The molecular weight excluding hydrogens is 180 g/mol. The molecule has 0 aliphatic rings. The maximum Gasteiger partial charge on any atom is 0.227 e. The molecule has 0 atom stereocenters. The molecule has 0 aromatic heterocycles. The second-order valence-corrected chi connectivity index (χ2v) is 3.63. The van der Waals surface area contributed by atoms with Gasteiger partial charge in [-0.1, -0.05) is 25.4 Å². The minimum Gasteiger partial charge on any atom is -0.323 e. The summed E-state index contributed by atoms with van der Waals surface area (Å²) in [6.45, 7) is 3.53. The molecule has 1 N–H and O–H groups in total. The van der Waals surface area contributed by atoms with E-state index < -0.39 is 0 Å². The third kappa shape index (κ3) is 2.59. The van der Waals surface area contributed by atoms with Crippen molar-refractivity contribution >= 4 is 24.9 Å². The minimum absolute atomic E-state index is 0.143. The number of anilines is 1. The fourth-order valence-corrected chi connectivity index (χ4v) is 0.999. The molecule has 1 amide bonds. The molecule has 74 valence electrons. The average molecular weight is 193 g/mol. The van der Waals surface area contributed by atoms with E-state index in [2.05, 4.69) is 5.32 Å². The van der Waals surface area contributed by atoms with Gasteiger partial charge < -0.3 is 5.32 Å². The van der Waals surface area contributed by atoms with Gasteiger partial charge in [0.05, 0.1) is 5.69 Å². The summed E-state index contributed by atoms with van der Waals surface area (Å²) in [4.78, 5) is 11.3. The zero-order chi connectivity index (χ0) is 10.7. The number of benzene rings is 1. The smallest absolute Gasteiger partial charge is 0.227 e. The molecule has 0 radical (unpaired) electrons. The Kier molecular flexibility index (Phi) is 3.28. The molecule has 0 bridgehead atoms. The standard InChI is InChI=1S/C10H13BFNO/c1-6(2)10(14)13-9-4-3-7(11)5-8(9)12/h3-6H,11H2,1-2H3,(H,13,14). The number of carbonyl (C=O) groups excluding carboxylic acids is 1. The van der Waals surface area contributed by atoms with Gasteiger partial charge in [0.15, 0.2) is 0 Å². The molecule has 1 aromatic carbocycles. The van der Waals surface area contributed by atoms with Crippen molar-refractivity contribution < 1.29 is 9.18 Å². The van der Waals surface area contributed by atoms with Crippen LogP contribution in [0.1, 0.15) is 13.8 Å². The quantitative estimate of drug-likeness (QED) is 0.687. The highest BCUT2D eigenvalue weighted by Crippen LogP contribution is 2.12. The number of nitrogens with one attached hydrogen (secondary N) is 1. The van der Waals surface area contributed by atoms with Crippen LogP contribution in [0.15, 0.2) is 18.2 Å². The summed E-state index contributed by atoms with van der Waals surface area (Å²) in [6, 6.07) is 4.74. The van der Waals surface area contributed by atoms with E-state index in [4.69, 9.17) is 0 Å². The topological polar surface area (TPSA) is 29.1 Å².